The van der Waals surface area contributed by atoms with E-state index in [0.717, 1.165) is 17.1 Å². The monoisotopic (exact) mass is 490 g/mol. The van der Waals surface area contributed by atoms with E-state index in [2.05, 4.69) is 25.8 Å². The smallest absolute Gasteiger partial charge is 0.382 e. The molecule has 0 radical (unpaired) electrons. The number of aromatic nitrogens is 3. The van der Waals surface area contributed by atoms with Gasteiger partial charge in [0.1, 0.15) is 5.01 Å². The number of alkyl halides is 3. The molecular formula is C23H25F3N6OS. The number of fused-ring (bicyclic) bond motifs is 1. The van der Waals surface area contributed by atoms with Gasteiger partial charge in [-0.2, -0.15) is 13.2 Å². The van der Waals surface area contributed by atoms with Crippen LogP contribution in [-0.4, -0.2) is 33.8 Å². The van der Waals surface area contributed by atoms with Crippen molar-refractivity contribution < 1.29 is 18.0 Å². The molecule has 0 saturated heterocycles. The fraction of sp³-hybridized carbons (Fsp3) is 0.391. The third-order valence-electron chi connectivity index (χ3n) is 5.41. The summed E-state index contributed by atoms with van der Waals surface area (Å²) in [6.07, 6.45) is -3.80. The number of carbonyl (C=O) groups is 1. The van der Waals surface area contributed by atoms with Crippen LogP contribution in [0.25, 0.3) is 11.3 Å². The molecular weight excluding hydrogens is 465 g/mol. The second-order valence-electron chi connectivity index (χ2n) is 9.17. The summed E-state index contributed by atoms with van der Waals surface area (Å²) in [5.41, 5.74) is 0.323. The van der Waals surface area contributed by atoms with Crippen LogP contribution in [0.3, 0.4) is 0 Å². The summed E-state index contributed by atoms with van der Waals surface area (Å²) in [5, 5.41) is 15.5. The van der Waals surface area contributed by atoms with Gasteiger partial charge in [0.25, 0.3) is 0 Å². The van der Waals surface area contributed by atoms with E-state index in [9.17, 15) is 18.0 Å². The van der Waals surface area contributed by atoms with Crippen LogP contribution in [-0.2, 0) is 11.6 Å². The van der Waals surface area contributed by atoms with Gasteiger partial charge in [-0.1, -0.05) is 44.2 Å². The Hall–Kier alpha value is -3.21. The number of hydrogen-bond acceptors (Lipinski definition) is 6. The Morgan fingerprint density at radius 1 is 1.18 bits per heavy atom. The van der Waals surface area contributed by atoms with Gasteiger partial charge in [-0.25, -0.2) is 9.78 Å². The highest BCUT2D eigenvalue weighted by atomic mass is 32.1. The molecule has 11 heteroatoms. The summed E-state index contributed by atoms with van der Waals surface area (Å²) < 4.78 is 39.6. The van der Waals surface area contributed by atoms with Gasteiger partial charge < -0.3 is 5.32 Å². The van der Waals surface area contributed by atoms with Crippen molar-refractivity contribution in [1.29, 1.82) is 0 Å². The number of carbonyl (C=O) groups excluding carboxylic acids is 1. The minimum Gasteiger partial charge on any atom is -0.382 e. The van der Waals surface area contributed by atoms with Crippen LogP contribution in [0.15, 0.2) is 36.4 Å². The molecule has 4 rings (SSSR count). The maximum absolute atomic E-state index is 13.3. The molecule has 3 aromatic rings. The summed E-state index contributed by atoms with van der Waals surface area (Å²) in [6.45, 7) is 8.55. The second kappa shape index (κ2) is 8.86. The van der Waals surface area contributed by atoms with Crippen LogP contribution < -0.4 is 15.5 Å². The summed E-state index contributed by atoms with van der Waals surface area (Å²) in [7, 11) is 0. The summed E-state index contributed by atoms with van der Waals surface area (Å²) in [5.74, 6) is 0.345. The predicted octanol–water partition coefficient (Wildman–Crippen LogP) is 6.16. The molecule has 1 aliphatic rings. The molecule has 3 heterocycles. The van der Waals surface area contributed by atoms with E-state index in [4.69, 9.17) is 0 Å². The van der Waals surface area contributed by atoms with Crippen LogP contribution in [0.2, 0.25) is 0 Å². The number of pyridine rings is 1. The van der Waals surface area contributed by atoms with Crippen molar-refractivity contribution in [2.24, 2.45) is 0 Å². The van der Waals surface area contributed by atoms with Crippen molar-refractivity contribution >= 4 is 34.0 Å². The number of rotatable bonds is 2. The highest BCUT2D eigenvalue weighted by Gasteiger charge is 2.32. The number of hydrogen-bond donors (Lipinski definition) is 2. The van der Waals surface area contributed by atoms with E-state index in [-0.39, 0.29) is 11.5 Å². The summed E-state index contributed by atoms with van der Waals surface area (Å²) in [4.78, 5) is 19.4. The average Bonchev–Trinajstić information content (AvgIpc) is 3.16. The van der Waals surface area contributed by atoms with Crippen LogP contribution in [0.4, 0.5) is 34.6 Å². The van der Waals surface area contributed by atoms with E-state index in [1.54, 1.807) is 18.2 Å². The first kappa shape index (κ1) is 23.9. The molecule has 0 saturated carbocycles. The molecule has 0 aliphatic carbocycles. The Morgan fingerprint density at radius 2 is 1.94 bits per heavy atom. The van der Waals surface area contributed by atoms with Crippen molar-refractivity contribution in [3.63, 3.8) is 0 Å². The molecule has 1 aromatic carbocycles. The molecule has 0 fully saturated rings. The molecule has 34 heavy (non-hydrogen) atoms. The molecule has 0 spiro atoms. The number of anilines is 3. The second-order valence-corrected chi connectivity index (χ2v) is 10.2. The van der Waals surface area contributed by atoms with Gasteiger partial charge in [0, 0.05) is 23.6 Å². The number of nitrogens with zero attached hydrogens (tertiary/aromatic N) is 4. The maximum Gasteiger partial charge on any atom is 0.416 e. The average molecular weight is 491 g/mol. The Morgan fingerprint density at radius 3 is 2.62 bits per heavy atom. The number of benzene rings is 1. The topological polar surface area (TPSA) is 83.0 Å². The molecule has 2 aromatic heterocycles. The van der Waals surface area contributed by atoms with Crippen LogP contribution >= 0.6 is 11.3 Å². The van der Waals surface area contributed by atoms with E-state index in [1.165, 1.54) is 22.3 Å². The minimum atomic E-state index is -4.46. The van der Waals surface area contributed by atoms with Crippen molar-refractivity contribution in [2.45, 2.75) is 51.7 Å². The van der Waals surface area contributed by atoms with Gasteiger partial charge >= 0.3 is 12.2 Å². The third-order valence-corrected chi connectivity index (χ3v) is 6.67. The third kappa shape index (κ3) is 4.98. The van der Waals surface area contributed by atoms with E-state index in [1.807, 2.05) is 27.7 Å². The molecule has 180 valence electrons. The molecule has 0 bridgehead atoms. The fourth-order valence-electron chi connectivity index (χ4n) is 3.56. The predicted molar refractivity (Wildman–Crippen MR) is 127 cm³/mol. The zero-order chi connectivity index (χ0) is 24.7. The van der Waals surface area contributed by atoms with Gasteiger partial charge in [0.2, 0.25) is 5.13 Å². The quantitative estimate of drug-likeness (QED) is 0.450. The first-order chi connectivity index (χ1) is 15.9. The summed E-state index contributed by atoms with van der Waals surface area (Å²) in [6, 6.07) is 7.73. The van der Waals surface area contributed by atoms with Crippen molar-refractivity contribution in [2.75, 3.05) is 22.1 Å². The molecule has 2 amide bonds. The first-order valence-electron chi connectivity index (χ1n) is 10.8. The Bertz CT molecular complexity index is 1200. The van der Waals surface area contributed by atoms with Crippen LogP contribution in [0.5, 0.6) is 0 Å². The molecule has 1 atom stereocenters. The lowest BCUT2D eigenvalue weighted by molar-refractivity contribution is -0.137. The van der Waals surface area contributed by atoms with Crippen LogP contribution in [0, 0.1) is 0 Å². The lowest BCUT2D eigenvalue weighted by atomic mass is 9.98. The Kier molecular flexibility index (Phi) is 6.24. The molecule has 7 nitrogen and oxygen atoms in total. The van der Waals surface area contributed by atoms with E-state index < -0.39 is 17.8 Å². The number of nitrogens with one attached hydrogen (secondary N) is 2. The lowest BCUT2D eigenvalue weighted by Crippen LogP contribution is -2.42. The largest absolute Gasteiger partial charge is 0.416 e. The van der Waals surface area contributed by atoms with Gasteiger partial charge in [0.05, 0.1) is 16.9 Å². The standard InChI is InChI=1S/C23H25F3N6OS/c1-13-10-11-27-17-9-8-16(14-6-5-7-15(12-14)23(24,25)26)28-18(17)32(13)21(33)29-20-31-30-19(34-20)22(2,3)4/h5-9,12-13,27H,10-11H2,1-4H3,(H,29,31,33)/t13-/m1/s1. The first-order valence-corrected chi connectivity index (χ1v) is 11.6. The van der Waals surface area contributed by atoms with Crippen molar-refractivity contribution in [1.82, 2.24) is 15.2 Å². The Labute approximate surface area is 199 Å². The van der Waals surface area contributed by atoms with Crippen molar-refractivity contribution in [3.8, 4) is 11.3 Å². The highest BCUT2D eigenvalue weighted by molar-refractivity contribution is 7.15. The number of amides is 2. The zero-order valence-electron chi connectivity index (χ0n) is 19.2. The highest BCUT2D eigenvalue weighted by Crippen LogP contribution is 2.36. The molecule has 2 N–H and O–H groups in total. The van der Waals surface area contributed by atoms with Gasteiger partial charge in [-0.05, 0) is 37.6 Å². The van der Waals surface area contributed by atoms with Gasteiger partial charge in [0.15, 0.2) is 5.82 Å². The number of urea groups is 1. The SMILES string of the molecule is C[C@@H]1CCNc2ccc(-c3cccc(C(F)(F)F)c3)nc2N1C(=O)Nc1nnc(C(C)(C)C)s1. The maximum atomic E-state index is 13.3. The lowest BCUT2D eigenvalue weighted by Gasteiger charge is -2.27. The normalized spacial score (nSPS) is 16.4. The van der Waals surface area contributed by atoms with Gasteiger partial charge in [-0.15, -0.1) is 10.2 Å². The Balaban J connectivity index is 1.69. The van der Waals surface area contributed by atoms with Crippen molar-refractivity contribution in [3.05, 3.63) is 47.0 Å². The van der Waals surface area contributed by atoms with E-state index >= 15 is 0 Å². The van der Waals surface area contributed by atoms with Gasteiger partial charge in [-0.3, -0.25) is 10.2 Å². The van der Waals surface area contributed by atoms with Crippen LogP contribution in [0.1, 0.15) is 44.7 Å². The minimum absolute atomic E-state index is 0.200. The fourth-order valence-corrected chi connectivity index (χ4v) is 4.36. The zero-order valence-corrected chi connectivity index (χ0v) is 20.0. The van der Waals surface area contributed by atoms with E-state index in [0.29, 0.717) is 40.9 Å². The summed E-state index contributed by atoms with van der Waals surface area (Å²) >= 11 is 1.30. The molecule has 1 aliphatic heterocycles. The number of halogens is 3. The molecule has 0 unspecified atom stereocenters.